The van der Waals surface area contributed by atoms with Crippen molar-refractivity contribution in [3.8, 4) is 0 Å². The summed E-state index contributed by atoms with van der Waals surface area (Å²) in [5, 5.41) is 0. The van der Waals surface area contributed by atoms with Crippen LogP contribution in [0.3, 0.4) is 0 Å². The van der Waals surface area contributed by atoms with Gasteiger partial charge in [0.1, 0.15) is 0 Å². The Kier molecular flexibility index (Phi) is 5.56. The molecule has 0 aromatic heterocycles. The van der Waals surface area contributed by atoms with E-state index in [2.05, 4.69) is 0 Å². The van der Waals surface area contributed by atoms with E-state index in [-0.39, 0.29) is 6.10 Å². The van der Waals surface area contributed by atoms with Gasteiger partial charge in [0, 0.05) is 13.1 Å². The van der Waals surface area contributed by atoms with Crippen molar-refractivity contribution in [2.75, 3.05) is 19.7 Å². The number of ether oxygens (including phenoxy) is 1. The van der Waals surface area contributed by atoms with E-state index in [4.69, 9.17) is 4.74 Å². The Labute approximate surface area is 127 Å². The van der Waals surface area contributed by atoms with Gasteiger partial charge in [-0.1, -0.05) is 29.8 Å². The van der Waals surface area contributed by atoms with Gasteiger partial charge in [-0.25, -0.2) is 8.42 Å². The molecule has 2 rings (SSSR count). The molecular formula is C16H23NO3S. The largest absolute Gasteiger partial charge is 0.373 e. The molecule has 0 N–H and O–H groups in total. The van der Waals surface area contributed by atoms with Crippen molar-refractivity contribution < 1.29 is 13.2 Å². The number of piperidine rings is 1. The molecule has 1 aliphatic rings. The summed E-state index contributed by atoms with van der Waals surface area (Å²) in [5.74, 6) is 0. The Balaban J connectivity index is 2.07. The van der Waals surface area contributed by atoms with Crippen LogP contribution < -0.4 is 0 Å². The van der Waals surface area contributed by atoms with Gasteiger partial charge in [0.2, 0.25) is 10.0 Å². The number of benzene rings is 1. The highest BCUT2D eigenvalue weighted by molar-refractivity contribution is 7.89. The molecule has 1 aliphatic heterocycles. The second-order valence-corrected chi connectivity index (χ2v) is 7.28. The molecule has 1 saturated heterocycles. The molecule has 1 aromatic carbocycles. The topological polar surface area (TPSA) is 46.6 Å². The number of aryl methyl sites for hydroxylation is 1. The second-order valence-electron chi connectivity index (χ2n) is 5.34. The van der Waals surface area contributed by atoms with Gasteiger partial charge in [-0.3, -0.25) is 0 Å². The van der Waals surface area contributed by atoms with Gasteiger partial charge in [-0.2, -0.15) is 4.31 Å². The third-order valence-electron chi connectivity index (χ3n) is 3.66. The first-order chi connectivity index (χ1) is 10.0. The van der Waals surface area contributed by atoms with Crippen LogP contribution in [0, 0.1) is 6.92 Å². The van der Waals surface area contributed by atoms with Gasteiger partial charge in [0.05, 0.1) is 17.6 Å². The fourth-order valence-electron chi connectivity index (χ4n) is 2.41. The maximum absolute atomic E-state index is 12.6. The fourth-order valence-corrected chi connectivity index (χ4v) is 3.92. The van der Waals surface area contributed by atoms with E-state index in [9.17, 15) is 8.42 Å². The zero-order valence-electron chi connectivity index (χ0n) is 12.7. The van der Waals surface area contributed by atoms with Crippen molar-refractivity contribution in [2.45, 2.75) is 37.7 Å². The highest BCUT2D eigenvalue weighted by Crippen LogP contribution is 2.22. The summed E-state index contributed by atoms with van der Waals surface area (Å²) in [6.07, 6.45) is 5.61. The molecule has 5 heteroatoms. The average molecular weight is 309 g/mol. The highest BCUT2D eigenvalue weighted by Gasteiger charge is 2.30. The number of nitrogens with zero attached hydrogens (tertiary/aromatic N) is 1. The van der Waals surface area contributed by atoms with Crippen LogP contribution in [0.15, 0.2) is 41.3 Å². The lowest BCUT2D eigenvalue weighted by Gasteiger charge is -2.31. The molecule has 1 heterocycles. The van der Waals surface area contributed by atoms with Gasteiger partial charge < -0.3 is 4.74 Å². The normalized spacial score (nSPS) is 21.0. The monoisotopic (exact) mass is 309 g/mol. The molecule has 1 atom stereocenters. The Bertz CT molecular complexity index is 578. The van der Waals surface area contributed by atoms with Gasteiger partial charge in [-0.05, 0) is 38.8 Å². The molecule has 21 heavy (non-hydrogen) atoms. The SMILES string of the molecule is C/C=C\COC1CCCN(S(=O)(=O)c2ccc(C)cc2)C1. The zero-order valence-corrected chi connectivity index (χ0v) is 13.5. The summed E-state index contributed by atoms with van der Waals surface area (Å²) in [4.78, 5) is 0.363. The predicted octanol–water partition coefficient (Wildman–Crippen LogP) is 2.74. The van der Waals surface area contributed by atoms with E-state index in [1.165, 1.54) is 0 Å². The van der Waals surface area contributed by atoms with Crippen molar-refractivity contribution in [3.05, 3.63) is 42.0 Å². The summed E-state index contributed by atoms with van der Waals surface area (Å²) in [6.45, 7) is 5.44. The van der Waals surface area contributed by atoms with Crippen molar-refractivity contribution in [1.82, 2.24) is 4.31 Å². The lowest BCUT2D eigenvalue weighted by molar-refractivity contribution is 0.0353. The van der Waals surface area contributed by atoms with E-state index < -0.39 is 10.0 Å². The summed E-state index contributed by atoms with van der Waals surface area (Å²) in [7, 11) is -3.41. The smallest absolute Gasteiger partial charge is 0.243 e. The summed E-state index contributed by atoms with van der Waals surface area (Å²) < 4.78 is 32.5. The number of rotatable bonds is 5. The molecule has 0 radical (unpaired) electrons. The molecule has 0 amide bonds. The van der Waals surface area contributed by atoms with Gasteiger partial charge >= 0.3 is 0 Å². The molecule has 0 aliphatic carbocycles. The van der Waals surface area contributed by atoms with Crippen molar-refractivity contribution in [3.63, 3.8) is 0 Å². The third-order valence-corrected chi connectivity index (χ3v) is 5.54. The first-order valence-corrected chi connectivity index (χ1v) is 8.77. The molecule has 0 spiro atoms. The maximum atomic E-state index is 12.6. The van der Waals surface area contributed by atoms with Crippen molar-refractivity contribution in [1.29, 1.82) is 0 Å². The van der Waals surface area contributed by atoms with Crippen LogP contribution in [0.5, 0.6) is 0 Å². The van der Waals surface area contributed by atoms with Crippen LogP contribution in [0.4, 0.5) is 0 Å². The summed E-state index contributed by atoms with van der Waals surface area (Å²) in [5.41, 5.74) is 1.06. The standard InChI is InChI=1S/C16H23NO3S/c1-3-4-12-20-15-6-5-11-17(13-15)21(18,19)16-9-7-14(2)8-10-16/h3-4,7-10,15H,5-6,11-13H2,1-2H3/b4-3-. The van der Waals surface area contributed by atoms with Crippen LogP contribution in [0.1, 0.15) is 25.3 Å². The van der Waals surface area contributed by atoms with E-state index in [1.54, 1.807) is 16.4 Å². The molecule has 1 fully saturated rings. The number of allylic oxidation sites excluding steroid dienone is 1. The lowest BCUT2D eigenvalue weighted by atomic mass is 10.1. The minimum absolute atomic E-state index is 0.0184. The van der Waals surface area contributed by atoms with Gasteiger partial charge in [0.25, 0.3) is 0 Å². The van der Waals surface area contributed by atoms with Crippen molar-refractivity contribution in [2.24, 2.45) is 0 Å². The van der Waals surface area contributed by atoms with Crippen molar-refractivity contribution >= 4 is 10.0 Å². The van der Waals surface area contributed by atoms with E-state index in [0.717, 1.165) is 18.4 Å². The third kappa shape index (κ3) is 4.15. The highest BCUT2D eigenvalue weighted by atomic mass is 32.2. The molecule has 0 bridgehead atoms. The Morgan fingerprint density at radius 2 is 2.05 bits per heavy atom. The van der Waals surface area contributed by atoms with Crippen LogP contribution in [0.25, 0.3) is 0 Å². The maximum Gasteiger partial charge on any atom is 0.243 e. The first-order valence-electron chi connectivity index (χ1n) is 7.33. The quantitative estimate of drug-likeness (QED) is 0.786. The van der Waals surface area contributed by atoms with Crippen LogP contribution >= 0.6 is 0 Å². The summed E-state index contributed by atoms with van der Waals surface area (Å²) in [6, 6.07) is 7.01. The van der Waals surface area contributed by atoms with Gasteiger partial charge in [-0.15, -0.1) is 0 Å². The van der Waals surface area contributed by atoms with E-state index in [0.29, 0.717) is 24.6 Å². The fraction of sp³-hybridized carbons (Fsp3) is 0.500. The zero-order chi connectivity index (χ0) is 15.3. The van der Waals surface area contributed by atoms with Crippen LogP contribution in [-0.2, 0) is 14.8 Å². The molecule has 1 aromatic rings. The Hall–Kier alpha value is -1.17. The van der Waals surface area contributed by atoms with Crippen LogP contribution in [0.2, 0.25) is 0 Å². The number of hydrogen-bond acceptors (Lipinski definition) is 3. The molecule has 4 nitrogen and oxygen atoms in total. The molecule has 0 saturated carbocycles. The predicted molar refractivity (Wildman–Crippen MR) is 83.7 cm³/mol. The van der Waals surface area contributed by atoms with E-state index in [1.807, 2.05) is 38.1 Å². The second kappa shape index (κ2) is 7.20. The Morgan fingerprint density at radius 3 is 2.71 bits per heavy atom. The van der Waals surface area contributed by atoms with E-state index >= 15 is 0 Å². The van der Waals surface area contributed by atoms with Crippen LogP contribution in [-0.4, -0.2) is 38.5 Å². The molecule has 1 unspecified atom stereocenters. The van der Waals surface area contributed by atoms with Gasteiger partial charge in [0.15, 0.2) is 0 Å². The minimum atomic E-state index is -3.41. The Morgan fingerprint density at radius 1 is 1.33 bits per heavy atom. The molecular weight excluding hydrogens is 286 g/mol. The first kappa shape index (κ1) is 16.2. The average Bonchev–Trinajstić information content (AvgIpc) is 2.48. The summed E-state index contributed by atoms with van der Waals surface area (Å²) >= 11 is 0. The lowest BCUT2D eigenvalue weighted by Crippen LogP contribution is -2.43. The minimum Gasteiger partial charge on any atom is -0.373 e. The number of sulfonamides is 1. The molecule has 116 valence electrons. The number of hydrogen-bond donors (Lipinski definition) is 0.